The van der Waals surface area contributed by atoms with Crippen molar-refractivity contribution in [3.63, 3.8) is 0 Å². The summed E-state index contributed by atoms with van der Waals surface area (Å²) in [7, 11) is 0. The fraction of sp³-hybridized carbons (Fsp3) is 0.600. The van der Waals surface area contributed by atoms with E-state index in [0.717, 1.165) is 5.92 Å². The summed E-state index contributed by atoms with van der Waals surface area (Å²) in [5.41, 5.74) is 10.3. The van der Waals surface area contributed by atoms with Crippen molar-refractivity contribution in [3.8, 4) is 0 Å². The molecule has 0 heterocycles. The van der Waals surface area contributed by atoms with Crippen LogP contribution in [0.5, 0.6) is 0 Å². The van der Waals surface area contributed by atoms with E-state index in [-0.39, 0.29) is 0 Å². The molecular formula is C15H23N. The Kier molecular flexibility index (Phi) is 3.34. The molecule has 1 heteroatoms. The van der Waals surface area contributed by atoms with E-state index < -0.39 is 0 Å². The number of hydrogen-bond acceptors (Lipinski definition) is 1. The zero-order valence-electron chi connectivity index (χ0n) is 10.7. The normalized spacial score (nSPS) is 29.6. The highest BCUT2D eigenvalue weighted by Gasteiger charge is 2.29. The van der Waals surface area contributed by atoms with Gasteiger partial charge in [-0.05, 0) is 50.5 Å². The molecule has 0 bridgehead atoms. The van der Waals surface area contributed by atoms with Gasteiger partial charge in [-0.2, -0.15) is 0 Å². The van der Waals surface area contributed by atoms with Gasteiger partial charge in [0.15, 0.2) is 0 Å². The van der Waals surface area contributed by atoms with Crippen molar-refractivity contribution in [2.75, 3.05) is 0 Å². The first kappa shape index (κ1) is 11.7. The van der Waals surface area contributed by atoms with Crippen LogP contribution >= 0.6 is 0 Å². The van der Waals surface area contributed by atoms with E-state index >= 15 is 0 Å². The smallest absolute Gasteiger partial charge is 0.00673 e. The number of benzene rings is 1. The maximum Gasteiger partial charge on any atom is 0.00673 e. The summed E-state index contributed by atoms with van der Waals surface area (Å²) in [4.78, 5) is 0. The average Bonchev–Trinajstić information content (AvgIpc) is 2.48. The first-order valence-corrected chi connectivity index (χ1v) is 6.39. The zero-order chi connectivity index (χ0) is 11.7. The van der Waals surface area contributed by atoms with Crippen LogP contribution in [0.2, 0.25) is 0 Å². The minimum Gasteiger partial charge on any atom is -0.327 e. The fourth-order valence-corrected chi connectivity index (χ4v) is 3.06. The summed E-state index contributed by atoms with van der Waals surface area (Å²) >= 11 is 0. The van der Waals surface area contributed by atoms with Gasteiger partial charge >= 0.3 is 0 Å². The van der Waals surface area contributed by atoms with Crippen molar-refractivity contribution in [1.29, 1.82) is 0 Å². The van der Waals surface area contributed by atoms with E-state index in [2.05, 4.69) is 39.0 Å². The Labute approximate surface area is 99.0 Å². The highest BCUT2D eigenvalue weighted by atomic mass is 14.7. The summed E-state index contributed by atoms with van der Waals surface area (Å²) in [5.74, 6) is 1.47. The molecule has 1 aliphatic carbocycles. The van der Waals surface area contributed by atoms with E-state index in [1.165, 1.54) is 36.0 Å². The largest absolute Gasteiger partial charge is 0.327 e. The highest BCUT2D eigenvalue weighted by Crippen LogP contribution is 2.33. The molecule has 0 radical (unpaired) electrons. The highest BCUT2D eigenvalue weighted by molar-refractivity contribution is 5.29. The number of rotatable bonds is 2. The standard InChI is InChI=1S/C15H23N/c1-10-6-11(2)8-13(7-10)9-14-4-5-15(16)12(14)3/h6-8,12,14-15H,4-5,9,16H2,1-3H3. The summed E-state index contributed by atoms with van der Waals surface area (Å²) < 4.78 is 0. The molecule has 16 heavy (non-hydrogen) atoms. The van der Waals surface area contributed by atoms with Gasteiger partial charge < -0.3 is 5.73 Å². The minimum atomic E-state index is 0.427. The molecule has 3 unspecified atom stereocenters. The van der Waals surface area contributed by atoms with Crippen molar-refractivity contribution in [2.24, 2.45) is 17.6 Å². The van der Waals surface area contributed by atoms with Gasteiger partial charge in [-0.25, -0.2) is 0 Å². The van der Waals surface area contributed by atoms with Gasteiger partial charge in [-0.3, -0.25) is 0 Å². The maximum absolute atomic E-state index is 6.08. The topological polar surface area (TPSA) is 26.0 Å². The number of hydrogen-bond donors (Lipinski definition) is 1. The van der Waals surface area contributed by atoms with Gasteiger partial charge in [0.2, 0.25) is 0 Å². The molecule has 0 spiro atoms. The Morgan fingerprint density at radius 2 is 1.75 bits per heavy atom. The van der Waals surface area contributed by atoms with E-state index in [9.17, 15) is 0 Å². The summed E-state index contributed by atoms with van der Waals surface area (Å²) in [6, 6.07) is 7.32. The summed E-state index contributed by atoms with van der Waals surface area (Å²) in [6.07, 6.45) is 3.71. The Balaban J connectivity index is 2.09. The van der Waals surface area contributed by atoms with Crippen LogP contribution in [0.1, 0.15) is 36.5 Å². The van der Waals surface area contributed by atoms with Crippen molar-refractivity contribution in [1.82, 2.24) is 0 Å². The summed E-state index contributed by atoms with van der Waals surface area (Å²) in [5, 5.41) is 0. The molecule has 1 aliphatic rings. The average molecular weight is 217 g/mol. The van der Waals surface area contributed by atoms with E-state index in [1.54, 1.807) is 0 Å². The van der Waals surface area contributed by atoms with Gasteiger partial charge in [0.25, 0.3) is 0 Å². The van der Waals surface area contributed by atoms with Crippen molar-refractivity contribution >= 4 is 0 Å². The molecule has 1 nitrogen and oxygen atoms in total. The van der Waals surface area contributed by atoms with Gasteiger partial charge in [0, 0.05) is 6.04 Å². The van der Waals surface area contributed by atoms with Crippen LogP contribution in [0.25, 0.3) is 0 Å². The second kappa shape index (κ2) is 4.58. The lowest BCUT2D eigenvalue weighted by atomic mass is 9.89. The molecule has 0 aliphatic heterocycles. The monoisotopic (exact) mass is 217 g/mol. The van der Waals surface area contributed by atoms with Gasteiger partial charge in [-0.15, -0.1) is 0 Å². The van der Waals surface area contributed by atoms with Crippen LogP contribution in [0, 0.1) is 25.7 Å². The Bertz CT molecular complexity index is 349. The van der Waals surface area contributed by atoms with Crippen molar-refractivity contribution in [3.05, 3.63) is 34.9 Å². The Morgan fingerprint density at radius 1 is 1.12 bits per heavy atom. The molecule has 0 aromatic heterocycles. The molecule has 0 amide bonds. The quantitative estimate of drug-likeness (QED) is 0.808. The van der Waals surface area contributed by atoms with Crippen LogP contribution in [-0.4, -0.2) is 6.04 Å². The predicted octanol–water partition coefficient (Wildman–Crippen LogP) is 3.22. The molecule has 0 saturated heterocycles. The number of nitrogens with two attached hydrogens (primary N) is 1. The second-order valence-corrected chi connectivity index (χ2v) is 5.56. The molecule has 1 aromatic rings. The maximum atomic E-state index is 6.08. The van der Waals surface area contributed by atoms with Crippen molar-refractivity contribution in [2.45, 2.75) is 46.1 Å². The third-order valence-corrected chi connectivity index (χ3v) is 4.07. The van der Waals surface area contributed by atoms with Crippen molar-refractivity contribution < 1.29 is 0 Å². The van der Waals surface area contributed by atoms with Crippen LogP contribution in [0.3, 0.4) is 0 Å². The molecule has 1 saturated carbocycles. The molecule has 2 rings (SSSR count). The van der Waals surface area contributed by atoms with E-state index in [4.69, 9.17) is 5.73 Å². The Morgan fingerprint density at radius 3 is 2.25 bits per heavy atom. The third kappa shape index (κ3) is 2.46. The molecule has 88 valence electrons. The van der Waals surface area contributed by atoms with Crippen LogP contribution < -0.4 is 5.73 Å². The van der Waals surface area contributed by atoms with Gasteiger partial charge in [-0.1, -0.05) is 36.2 Å². The minimum absolute atomic E-state index is 0.427. The number of aryl methyl sites for hydroxylation is 2. The van der Waals surface area contributed by atoms with Gasteiger partial charge in [0.05, 0.1) is 0 Å². The molecular weight excluding hydrogens is 194 g/mol. The molecule has 1 aromatic carbocycles. The zero-order valence-corrected chi connectivity index (χ0v) is 10.7. The predicted molar refractivity (Wildman–Crippen MR) is 69.5 cm³/mol. The third-order valence-electron chi connectivity index (χ3n) is 4.07. The van der Waals surface area contributed by atoms with Gasteiger partial charge in [0.1, 0.15) is 0 Å². The lowest BCUT2D eigenvalue weighted by Gasteiger charge is -2.18. The van der Waals surface area contributed by atoms with Crippen LogP contribution in [0.4, 0.5) is 0 Å². The van der Waals surface area contributed by atoms with Crippen LogP contribution in [-0.2, 0) is 6.42 Å². The Hall–Kier alpha value is -0.820. The molecule has 3 atom stereocenters. The lowest BCUT2D eigenvalue weighted by Crippen LogP contribution is -2.25. The summed E-state index contributed by atoms with van der Waals surface area (Å²) in [6.45, 7) is 6.67. The van der Waals surface area contributed by atoms with Crippen LogP contribution in [0.15, 0.2) is 18.2 Å². The first-order valence-electron chi connectivity index (χ1n) is 6.39. The fourth-order valence-electron chi connectivity index (χ4n) is 3.06. The van der Waals surface area contributed by atoms with E-state index in [0.29, 0.717) is 12.0 Å². The first-order chi connectivity index (χ1) is 7.56. The second-order valence-electron chi connectivity index (χ2n) is 5.56. The van der Waals surface area contributed by atoms with E-state index in [1.807, 2.05) is 0 Å². The lowest BCUT2D eigenvalue weighted by molar-refractivity contribution is 0.390. The molecule has 2 N–H and O–H groups in total. The SMILES string of the molecule is Cc1cc(C)cc(CC2CCC(N)C2C)c1. The molecule has 1 fully saturated rings.